The average molecular weight is 480 g/mol. The van der Waals surface area contributed by atoms with E-state index in [1.54, 1.807) is 17.8 Å². The zero-order chi connectivity index (χ0) is 24.1. The van der Waals surface area contributed by atoms with E-state index in [-0.39, 0.29) is 24.6 Å². The number of hydrogen-bond acceptors (Lipinski definition) is 7. The molecule has 4 aromatic rings. The molecular formula is C24H26FN7O3. The minimum atomic E-state index is -1.13. The first-order chi connectivity index (χ1) is 17.0. The van der Waals surface area contributed by atoms with Crippen molar-refractivity contribution >= 4 is 28.4 Å². The summed E-state index contributed by atoms with van der Waals surface area (Å²) in [5, 5.41) is 21.0. The monoisotopic (exact) mass is 479 g/mol. The molecule has 4 aromatic heterocycles. The van der Waals surface area contributed by atoms with Crippen LogP contribution < -0.4 is 10.6 Å². The highest BCUT2D eigenvalue weighted by atomic mass is 19.1. The number of anilines is 1. The van der Waals surface area contributed by atoms with E-state index >= 15 is 0 Å². The molecule has 1 saturated heterocycles. The van der Waals surface area contributed by atoms with E-state index in [4.69, 9.17) is 9.72 Å². The zero-order valence-corrected chi connectivity index (χ0v) is 19.2. The summed E-state index contributed by atoms with van der Waals surface area (Å²) in [5.74, 6) is 0.314. The van der Waals surface area contributed by atoms with Gasteiger partial charge in [0.15, 0.2) is 5.65 Å². The lowest BCUT2D eigenvalue weighted by Crippen LogP contribution is -2.50. The number of carbonyl (C=O) groups excluding carboxylic acids is 1. The number of hydrogen-bond donors (Lipinski definition) is 3. The molecule has 35 heavy (non-hydrogen) atoms. The Hall–Kier alpha value is -3.57. The number of nitrogens with one attached hydrogen (secondary N) is 2. The van der Waals surface area contributed by atoms with Gasteiger partial charge >= 0.3 is 0 Å². The maximum Gasteiger partial charge on any atom is 0.257 e. The highest BCUT2D eigenvalue weighted by Crippen LogP contribution is 2.35. The van der Waals surface area contributed by atoms with E-state index in [9.17, 15) is 14.3 Å². The molecule has 5 heterocycles. The maximum absolute atomic E-state index is 14.8. The summed E-state index contributed by atoms with van der Waals surface area (Å²) in [4.78, 5) is 22.3. The van der Waals surface area contributed by atoms with Crippen molar-refractivity contribution in [3.63, 3.8) is 0 Å². The van der Waals surface area contributed by atoms with Gasteiger partial charge in [-0.3, -0.25) is 4.79 Å². The van der Waals surface area contributed by atoms with Crippen LogP contribution in [0.1, 0.15) is 35.7 Å². The molecule has 2 fully saturated rings. The molecule has 0 radical (unpaired) electrons. The average Bonchev–Trinajstić information content (AvgIpc) is 3.48. The molecule has 3 N–H and O–H groups in total. The van der Waals surface area contributed by atoms with E-state index < -0.39 is 12.3 Å². The van der Waals surface area contributed by atoms with Crippen LogP contribution in [0.25, 0.3) is 27.9 Å². The number of aromatic nitrogens is 5. The summed E-state index contributed by atoms with van der Waals surface area (Å²) >= 11 is 0. The van der Waals surface area contributed by atoms with Crippen molar-refractivity contribution in [1.82, 2.24) is 29.5 Å². The molecule has 1 unspecified atom stereocenters. The van der Waals surface area contributed by atoms with Crippen LogP contribution in [0.5, 0.6) is 0 Å². The summed E-state index contributed by atoms with van der Waals surface area (Å²) in [6.45, 7) is 0.551. The Morgan fingerprint density at radius 1 is 1.29 bits per heavy atom. The second kappa shape index (κ2) is 8.58. The number of carbonyl (C=O) groups is 1. The van der Waals surface area contributed by atoms with Crippen LogP contribution in [-0.4, -0.2) is 73.7 Å². The molecule has 0 spiro atoms. The minimum absolute atomic E-state index is 0.0601. The van der Waals surface area contributed by atoms with Crippen LogP contribution in [-0.2, 0) is 4.74 Å². The number of pyridine rings is 1. The van der Waals surface area contributed by atoms with Crippen molar-refractivity contribution in [2.45, 2.75) is 43.6 Å². The molecule has 0 bridgehead atoms. The number of rotatable bonds is 5. The van der Waals surface area contributed by atoms with Gasteiger partial charge in [0.2, 0.25) is 0 Å². The number of halogens is 1. The van der Waals surface area contributed by atoms with Crippen molar-refractivity contribution in [2.24, 2.45) is 0 Å². The van der Waals surface area contributed by atoms with Crippen LogP contribution >= 0.6 is 0 Å². The zero-order valence-electron chi connectivity index (χ0n) is 19.2. The van der Waals surface area contributed by atoms with E-state index in [1.165, 1.54) is 6.20 Å². The molecule has 11 heteroatoms. The molecule has 1 amide bonds. The Morgan fingerprint density at radius 3 is 2.91 bits per heavy atom. The fourth-order valence-corrected chi connectivity index (χ4v) is 4.88. The van der Waals surface area contributed by atoms with Crippen molar-refractivity contribution in [2.75, 3.05) is 25.6 Å². The predicted octanol–water partition coefficient (Wildman–Crippen LogP) is 2.34. The normalized spacial score (nSPS) is 24.4. The van der Waals surface area contributed by atoms with Gasteiger partial charge in [-0.2, -0.15) is 9.61 Å². The van der Waals surface area contributed by atoms with Crippen LogP contribution in [0.15, 0.2) is 36.8 Å². The summed E-state index contributed by atoms with van der Waals surface area (Å²) < 4.78 is 23.5. The van der Waals surface area contributed by atoms with Gasteiger partial charge in [-0.15, -0.1) is 0 Å². The Balaban J connectivity index is 1.47. The highest BCUT2D eigenvalue weighted by Gasteiger charge is 2.32. The Kier molecular flexibility index (Phi) is 5.37. The molecule has 4 atom stereocenters. The first kappa shape index (κ1) is 21.9. The number of amides is 1. The SMILES string of the molecule is CNc1cc(-c2cn([C@H]3CCOC[C@H]3F)c3ncccc23)nc2c(C(=O)NC3CC[C@H]3O)cnn12. The van der Waals surface area contributed by atoms with Gasteiger partial charge in [0, 0.05) is 43.1 Å². The van der Waals surface area contributed by atoms with Gasteiger partial charge in [0.05, 0.1) is 36.7 Å². The molecule has 10 nitrogen and oxygen atoms in total. The Bertz CT molecular complexity index is 1420. The quantitative estimate of drug-likeness (QED) is 0.402. The first-order valence-electron chi connectivity index (χ1n) is 11.8. The molecule has 2 aliphatic rings. The standard InChI is InChI=1S/C24H26FN7O3/c1-26-21-9-18(29-23-14(10-28-32(21)23)24(34)30-17-4-5-20(17)33)15-11-31(19-6-8-35-12-16(19)25)22-13(15)3-2-7-27-22/h2-3,7,9-11,16-17,19-20,26,33H,4-6,8,12H2,1H3,(H,30,34)/t16-,17?,19+,20-/m1/s1. The third kappa shape index (κ3) is 3.62. The number of nitrogens with zero attached hydrogens (tertiary/aromatic N) is 5. The lowest BCUT2D eigenvalue weighted by atomic mass is 9.89. The minimum Gasteiger partial charge on any atom is -0.391 e. The molecule has 182 valence electrons. The fraction of sp³-hybridized carbons (Fsp3) is 0.417. The van der Waals surface area contributed by atoms with Gasteiger partial charge in [0.1, 0.15) is 23.2 Å². The van der Waals surface area contributed by atoms with Crippen LogP contribution in [0, 0.1) is 0 Å². The highest BCUT2D eigenvalue weighted by molar-refractivity contribution is 6.01. The molecule has 1 saturated carbocycles. The van der Waals surface area contributed by atoms with E-state index in [1.807, 2.05) is 29.0 Å². The second-order valence-electron chi connectivity index (χ2n) is 9.07. The third-order valence-corrected chi connectivity index (χ3v) is 7.00. The van der Waals surface area contributed by atoms with E-state index in [2.05, 4.69) is 20.7 Å². The Labute approximate surface area is 200 Å². The van der Waals surface area contributed by atoms with Crippen LogP contribution in [0.2, 0.25) is 0 Å². The fourth-order valence-electron chi connectivity index (χ4n) is 4.88. The van der Waals surface area contributed by atoms with Gasteiger partial charge in [0.25, 0.3) is 5.91 Å². The molecule has 1 aliphatic heterocycles. The summed E-state index contributed by atoms with van der Waals surface area (Å²) in [5.41, 5.74) is 2.78. The van der Waals surface area contributed by atoms with Gasteiger partial charge in [-0.1, -0.05) is 0 Å². The van der Waals surface area contributed by atoms with Gasteiger partial charge in [-0.05, 0) is 31.4 Å². The summed E-state index contributed by atoms with van der Waals surface area (Å²) in [7, 11) is 1.77. The number of aliphatic hydroxyl groups excluding tert-OH is 1. The van der Waals surface area contributed by atoms with E-state index in [0.717, 1.165) is 17.4 Å². The predicted molar refractivity (Wildman–Crippen MR) is 127 cm³/mol. The number of fused-ring (bicyclic) bond motifs is 2. The lowest BCUT2D eigenvalue weighted by molar-refractivity contribution is 0.00443. The maximum atomic E-state index is 14.8. The Morgan fingerprint density at radius 2 is 2.17 bits per heavy atom. The number of alkyl halides is 1. The van der Waals surface area contributed by atoms with Crippen molar-refractivity contribution in [1.29, 1.82) is 0 Å². The number of ether oxygens (including phenoxy) is 1. The van der Waals surface area contributed by atoms with Crippen molar-refractivity contribution in [3.8, 4) is 11.3 Å². The van der Waals surface area contributed by atoms with Crippen LogP contribution in [0.3, 0.4) is 0 Å². The van der Waals surface area contributed by atoms with Crippen molar-refractivity contribution in [3.05, 3.63) is 42.4 Å². The van der Waals surface area contributed by atoms with Gasteiger partial charge < -0.3 is 25.0 Å². The summed E-state index contributed by atoms with van der Waals surface area (Å²) in [6, 6.07) is 4.98. The van der Waals surface area contributed by atoms with Crippen molar-refractivity contribution < 1.29 is 19.0 Å². The lowest BCUT2D eigenvalue weighted by Gasteiger charge is -2.32. The third-order valence-electron chi connectivity index (χ3n) is 7.00. The summed E-state index contributed by atoms with van der Waals surface area (Å²) in [6.07, 6.45) is 5.36. The van der Waals surface area contributed by atoms with E-state index in [0.29, 0.717) is 47.8 Å². The second-order valence-corrected chi connectivity index (χ2v) is 9.07. The molecule has 1 aliphatic carbocycles. The van der Waals surface area contributed by atoms with Gasteiger partial charge in [-0.25, -0.2) is 14.4 Å². The molecule has 6 rings (SSSR count). The molecule has 0 aromatic carbocycles. The topological polar surface area (TPSA) is 119 Å². The van der Waals surface area contributed by atoms with Crippen LogP contribution in [0.4, 0.5) is 10.2 Å². The number of aliphatic hydroxyl groups is 1. The smallest absolute Gasteiger partial charge is 0.257 e. The largest absolute Gasteiger partial charge is 0.391 e. The molecular weight excluding hydrogens is 453 g/mol. The first-order valence-corrected chi connectivity index (χ1v) is 11.8.